The van der Waals surface area contributed by atoms with Gasteiger partial charge >= 0.3 is 0 Å². The molecule has 2 aromatic rings. The van der Waals surface area contributed by atoms with Crippen molar-refractivity contribution in [1.29, 1.82) is 0 Å². The lowest BCUT2D eigenvalue weighted by atomic mass is 10.0. The molecule has 6 nitrogen and oxygen atoms in total. The average Bonchev–Trinajstić information content (AvgIpc) is 2.80. The molecule has 0 saturated heterocycles. The van der Waals surface area contributed by atoms with Crippen LogP contribution in [0.25, 0.3) is 0 Å². The molecule has 2 atom stereocenters. The second-order valence-corrected chi connectivity index (χ2v) is 10.2. The Morgan fingerprint density at radius 2 is 1.44 bits per heavy atom. The third-order valence-electron chi connectivity index (χ3n) is 5.10. The van der Waals surface area contributed by atoms with E-state index in [1.807, 2.05) is 74.5 Å². The van der Waals surface area contributed by atoms with Crippen LogP contribution in [0.1, 0.15) is 51.7 Å². The number of hydrogen-bond acceptors (Lipinski definition) is 6. The first kappa shape index (κ1) is 26.4. The molecule has 0 saturated carbocycles. The zero-order valence-electron chi connectivity index (χ0n) is 19.6. The predicted octanol–water partition coefficient (Wildman–Crippen LogP) is 5.68. The maximum atomic E-state index is 14.6. The number of aliphatic imine (C=N–C) groups is 1. The standard InChI is InChI=1S/C25H36NO5P/c1-5-29-25(4,30-6-2)32(28,31-7-3)23(19-14-20-27)26-24(21-15-10-8-11-16-21)22-17-12-9-13-18-22/h8-13,15-18,23,27H,5-7,14,19-20H2,1-4H3/t23-,32?/m1/s1. The second-order valence-electron chi connectivity index (χ2n) is 7.33. The van der Waals surface area contributed by atoms with Crippen LogP contribution in [0.2, 0.25) is 0 Å². The topological polar surface area (TPSA) is 77.4 Å². The van der Waals surface area contributed by atoms with Crippen molar-refractivity contribution in [3.8, 4) is 0 Å². The van der Waals surface area contributed by atoms with Crippen LogP contribution in [-0.4, -0.2) is 48.6 Å². The van der Waals surface area contributed by atoms with E-state index in [4.69, 9.17) is 19.0 Å². The normalized spacial score (nSPS) is 14.5. The molecule has 0 aliphatic rings. The van der Waals surface area contributed by atoms with Crippen molar-refractivity contribution in [2.75, 3.05) is 26.4 Å². The fraction of sp³-hybridized carbons (Fsp3) is 0.480. The van der Waals surface area contributed by atoms with Gasteiger partial charge in [0.1, 0.15) is 5.78 Å². The van der Waals surface area contributed by atoms with Gasteiger partial charge in [-0.3, -0.25) is 9.56 Å². The van der Waals surface area contributed by atoms with Crippen molar-refractivity contribution in [1.82, 2.24) is 0 Å². The highest BCUT2D eigenvalue weighted by molar-refractivity contribution is 7.61. The van der Waals surface area contributed by atoms with Gasteiger partial charge in [-0.1, -0.05) is 60.7 Å². The molecule has 0 aliphatic heterocycles. The molecule has 1 N–H and O–H groups in total. The van der Waals surface area contributed by atoms with Crippen LogP contribution in [0.3, 0.4) is 0 Å². The summed E-state index contributed by atoms with van der Waals surface area (Å²) in [6.45, 7) is 7.95. The Morgan fingerprint density at radius 3 is 1.84 bits per heavy atom. The Kier molecular flexibility index (Phi) is 10.8. The fourth-order valence-corrected chi connectivity index (χ4v) is 6.40. The first-order chi connectivity index (χ1) is 15.5. The lowest BCUT2D eigenvalue weighted by Crippen LogP contribution is -2.37. The Balaban J connectivity index is 2.71. The van der Waals surface area contributed by atoms with Gasteiger partial charge in [-0.15, -0.1) is 0 Å². The molecule has 0 aliphatic carbocycles. The highest BCUT2D eigenvalue weighted by Crippen LogP contribution is 2.65. The van der Waals surface area contributed by atoms with Gasteiger partial charge in [0.2, 0.25) is 5.53 Å². The van der Waals surface area contributed by atoms with Gasteiger partial charge in [0, 0.05) is 30.9 Å². The smallest absolute Gasteiger partial charge is 0.284 e. The van der Waals surface area contributed by atoms with Crippen LogP contribution in [0.5, 0.6) is 0 Å². The summed E-state index contributed by atoms with van der Waals surface area (Å²) >= 11 is 0. The fourth-order valence-electron chi connectivity index (χ4n) is 3.66. The third-order valence-corrected chi connectivity index (χ3v) is 8.29. The predicted molar refractivity (Wildman–Crippen MR) is 130 cm³/mol. The van der Waals surface area contributed by atoms with E-state index in [0.717, 1.165) is 11.1 Å². The highest BCUT2D eigenvalue weighted by Gasteiger charge is 2.53. The van der Waals surface area contributed by atoms with E-state index in [1.165, 1.54) is 0 Å². The molecule has 0 bridgehead atoms. The minimum absolute atomic E-state index is 0.0376. The number of nitrogens with zero attached hydrogens (tertiary/aromatic N) is 1. The highest BCUT2D eigenvalue weighted by atomic mass is 31.2. The maximum Gasteiger partial charge on any atom is 0.284 e. The van der Waals surface area contributed by atoms with Crippen LogP contribution >= 0.6 is 7.37 Å². The van der Waals surface area contributed by atoms with Crippen molar-refractivity contribution >= 4 is 13.1 Å². The minimum Gasteiger partial charge on any atom is -0.396 e. The third kappa shape index (κ3) is 6.37. The second kappa shape index (κ2) is 13.0. The van der Waals surface area contributed by atoms with E-state index in [9.17, 15) is 9.67 Å². The molecule has 1 unspecified atom stereocenters. The Hall–Kier alpha value is -1.82. The van der Waals surface area contributed by atoms with Crippen molar-refractivity contribution in [3.05, 3.63) is 71.8 Å². The van der Waals surface area contributed by atoms with Crippen molar-refractivity contribution in [3.63, 3.8) is 0 Å². The van der Waals surface area contributed by atoms with Crippen LogP contribution in [0.15, 0.2) is 65.7 Å². The maximum absolute atomic E-state index is 14.6. The molecule has 0 fully saturated rings. The zero-order chi connectivity index (χ0) is 23.5. The van der Waals surface area contributed by atoms with Crippen molar-refractivity contribution in [2.24, 2.45) is 4.99 Å². The first-order valence-corrected chi connectivity index (χ1v) is 13.0. The molecule has 0 heterocycles. The van der Waals surface area contributed by atoms with Gasteiger partial charge in [0.15, 0.2) is 0 Å². The number of aliphatic hydroxyl groups is 1. The van der Waals surface area contributed by atoms with Crippen LogP contribution < -0.4 is 0 Å². The van der Waals surface area contributed by atoms with E-state index in [2.05, 4.69) is 0 Å². The number of aliphatic hydroxyl groups excluding tert-OH is 1. The van der Waals surface area contributed by atoms with Crippen molar-refractivity contribution < 1.29 is 23.7 Å². The SMILES string of the molecule is CCOC(C)(OCC)P(=O)(OCC)[C@H](CCCO)N=C(c1ccccc1)c1ccccc1. The quantitative estimate of drug-likeness (QED) is 0.222. The summed E-state index contributed by atoms with van der Waals surface area (Å²) in [6, 6.07) is 19.6. The molecule has 0 radical (unpaired) electrons. The van der Waals surface area contributed by atoms with E-state index in [0.29, 0.717) is 31.8 Å². The molecule has 2 rings (SSSR count). The molecule has 176 valence electrons. The lowest BCUT2D eigenvalue weighted by Gasteiger charge is -2.39. The van der Waals surface area contributed by atoms with E-state index in [-0.39, 0.29) is 13.2 Å². The minimum atomic E-state index is -3.65. The van der Waals surface area contributed by atoms with Crippen molar-refractivity contribution in [2.45, 2.75) is 51.8 Å². The number of hydrogen-bond donors (Lipinski definition) is 1. The molecular formula is C25H36NO5P. The Morgan fingerprint density at radius 1 is 0.938 bits per heavy atom. The largest absolute Gasteiger partial charge is 0.396 e. The average molecular weight is 462 g/mol. The van der Waals surface area contributed by atoms with Gasteiger partial charge in [0.05, 0.1) is 12.3 Å². The first-order valence-electron chi connectivity index (χ1n) is 11.3. The Labute approximate surface area is 192 Å². The molecule has 0 spiro atoms. The van der Waals surface area contributed by atoms with Gasteiger partial charge in [-0.25, -0.2) is 0 Å². The van der Waals surface area contributed by atoms with Crippen LogP contribution in [0, 0.1) is 0 Å². The number of ether oxygens (including phenoxy) is 2. The molecule has 7 heteroatoms. The molecule has 2 aromatic carbocycles. The summed E-state index contributed by atoms with van der Waals surface area (Å²) in [6.07, 6.45) is 0.795. The van der Waals surface area contributed by atoms with E-state index in [1.54, 1.807) is 13.8 Å². The Bertz CT molecular complexity index is 825. The molecule has 32 heavy (non-hydrogen) atoms. The van der Waals surface area contributed by atoms with Gasteiger partial charge in [0.25, 0.3) is 7.37 Å². The van der Waals surface area contributed by atoms with E-state index < -0.39 is 18.7 Å². The summed E-state index contributed by atoms with van der Waals surface area (Å²) in [5, 5.41) is 9.55. The molecule has 0 amide bonds. The monoisotopic (exact) mass is 461 g/mol. The van der Waals surface area contributed by atoms with Gasteiger partial charge in [-0.05, 0) is 40.5 Å². The summed E-state index contributed by atoms with van der Waals surface area (Å²) < 4.78 is 32.3. The summed E-state index contributed by atoms with van der Waals surface area (Å²) in [5.41, 5.74) is 1.08. The lowest BCUT2D eigenvalue weighted by molar-refractivity contribution is -0.168. The van der Waals surface area contributed by atoms with Crippen LogP contribution in [-0.2, 0) is 18.6 Å². The number of benzene rings is 2. The summed E-state index contributed by atoms with van der Waals surface area (Å²) in [5.74, 6) is -0.756. The molecule has 0 aromatic heterocycles. The summed E-state index contributed by atoms with van der Waals surface area (Å²) in [7, 11) is -3.65. The van der Waals surface area contributed by atoms with Gasteiger partial charge < -0.3 is 19.1 Å². The zero-order valence-corrected chi connectivity index (χ0v) is 20.5. The van der Waals surface area contributed by atoms with E-state index >= 15 is 0 Å². The van der Waals surface area contributed by atoms with Gasteiger partial charge in [-0.2, -0.15) is 0 Å². The molecular weight excluding hydrogens is 425 g/mol. The summed E-state index contributed by atoms with van der Waals surface area (Å²) in [4.78, 5) is 5.03. The van der Waals surface area contributed by atoms with Crippen LogP contribution in [0.4, 0.5) is 0 Å². The number of rotatable bonds is 14.